The highest BCUT2D eigenvalue weighted by atomic mass is 35.5. The molecule has 1 aromatic heterocycles. The van der Waals surface area contributed by atoms with Gasteiger partial charge in [0.25, 0.3) is 0 Å². The quantitative estimate of drug-likeness (QED) is 0.835. The van der Waals surface area contributed by atoms with Gasteiger partial charge in [0.2, 0.25) is 5.91 Å². The van der Waals surface area contributed by atoms with Gasteiger partial charge >= 0.3 is 0 Å². The number of carbonyl (C=O) groups is 1. The third-order valence-corrected chi connectivity index (χ3v) is 3.68. The third-order valence-electron chi connectivity index (χ3n) is 3.38. The van der Waals surface area contributed by atoms with Gasteiger partial charge in [-0.1, -0.05) is 18.0 Å². The Hall–Kier alpha value is -1.13. The first kappa shape index (κ1) is 14.3. The smallest absolute Gasteiger partial charge is 0.224 e. The molecule has 4 nitrogen and oxygen atoms in total. The van der Waals surface area contributed by atoms with Crippen LogP contribution in [-0.4, -0.2) is 23.5 Å². The van der Waals surface area contributed by atoms with Crippen LogP contribution >= 0.6 is 11.6 Å². The summed E-state index contributed by atoms with van der Waals surface area (Å²) in [6.45, 7) is 2.99. The molecule has 0 aromatic carbocycles. The second kappa shape index (κ2) is 6.87. The Morgan fingerprint density at radius 2 is 2.42 bits per heavy atom. The first-order valence-electron chi connectivity index (χ1n) is 6.80. The van der Waals surface area contributed by atoms with Crippen molar-refractivity contribution in [1.82, 2.24) is 10.3 Å². The molecule has 1 fully saturated rings. The van der Waals surface area contributed by atoms with Crippen LogP contribution in [0.25, 0.3) is 0 Å². The van der Waals surface area contributed by atoms with Gasteiger partial charge in [-0.15, -0.1) is 0 Å². The van der Waals surface area contributed by atoms with Crippen molar-refractivity contribution in [2.45, 2.75) is 45.1 Å². The molecule has 19 heavy (non-hydrogen) atoms. The zero-order chi connectivity index (χ0) is 13.7. The Kier molecular flexibility index (Phi) is 5.16. The van der Waals surface area contributed by atoms with Crippen molar-refractivity contribution in [3.8, 4) is 0 Å². The highest BCUT2D eigenvalue weighted by molar-refractivity contribution is 6.32. The molecule has 104 valence electrons. The number of aryl methyl sites for hydroxylation is 1. The number of nitrogens with one attached hydrogen (secondary N) is 2. The molecule has 1 amide bonds. The van der Waals surface area contributed by atoms with Crippen LogP contribution in [-0.2, 0) is 4.79 Å². The van der Waals surface area contributed by atoms with E-state index in [1.165, 1.54) is 19.3 Å². The average Bonchev–Trinajstić information content (AvgIpc) is 2.42. The Labute approximate surface area is 118 Å². The molecular formula is C14H20ClN3O. The molecule has 2 heterocycles. The Morgan fingerprint density at radius 1 is 1.58 bits per heavy atom. The SMILES string of the molecule is Cc1cnc(Cl)c(NC(=O)CCC2CCCCN2)c1. The van der Waals surface area contributed by atoms with Gasteiger partial charge in [0.15, 0.2) is 5.15 Å². The molecule has 5 heteroatoms. The summed E-state index contributed by atoms with van der Waals surface area (Å²) < 4.78 is 0. The Balaban J connectivity index is 1.81. The van der Waals surface area contributed by atoms with E-state index in [-0.39, 0.29) is 5.91 Å². The van der Waals surface area contributed by atoms with Gasteiger partial charge < -0.3 is 10.6 Å². The van der Waals surface area contributed by atoms with Gasteiger partial charge in [-0.05, 0) is 44.4 Å². The molecule has 0 bridgehead atoms. The normalized spacial score (nSPS) is 19.2. The largest absolute Gasteiger partial charge is 0.323 e. The fourth-order valence-corrected chi connectivity index (χ4v) is 2.48. The predicted octanol–water partition coefficient (Wildman–Crippen LogP) is 2.90. The maximum Gasteiger partial charge on any atom is 0.224 e. The number of amides is 1. The van der Waals surface area contributed by atoms with Crippen LogP contribution in [0.1, 0.15) is 37.7 Å². The minimum atomic E-state index is 0.00155. The van der Waals surface area contributed by atoms with E-state index in [0.717, 1.165) is 18.5 Å². The molecule has 1 unspecified atom stereocenters. The van der Waals surface area contributed by atoms with Gasteiger partial charge in [0.1, 0.15) is 0 Å². The molecule has 1 aliphatic rings. The van der Waals surface area contributed by atoms with Crippen LogP contribution in [0, 0.1) is 6.92 Å². The van der Waals surface area contributed by atoms with Gasteiger partial charge in [-0.2, -0.15) is 0 Å². The number of nitrogens with zero attached hydrogens (tertiary/aromatic N) is 1. The summed E-state index contributed by atoms with van der Waals surface area (Å²) in [6, 6.07) is 2.32. The minimum absolute atomic E-state index is 0.00155. The summed E-state index contributed by atoms with van der Waals surface area (Å²) in [5.74, 6) is 0.00155. The van der Waals surface area contributed by atoms with Crippen LogP contribution in [0.2, 0.25) is 5.15 Å². The van der Waals surface area contributed by atoms with Gasteiger partial charge in [-0.3, -0.25) is 4.79 Å². The van der Waals surface area contributed by atoms with Gasteiger partial charge in [0, 0.05) is 18.7 Å². The molecule has 0 radical (unpaired) electrons. The van der Waals surface area contributed by atoms with Crippen molar-refractivity contribution in [3.63, 3.8) is 0 Å². The lowest BCUT2D eigenvalue weighted by atomic mass is 10.0. The first-order valence-corrected chi connectivity index (χ1v) is 7.18. The zero-order valence-corrected chi connectivity index (χ0v) is 12.0. The number of rotatable bonds is 4. The summed E-state index contributed by atoms with van der Waals surface area (Å²) in [7, 11) is 0. The summed E-state index contributed by atoms with van der Waals surface area (Å²) in [5, 5.41) is 6.61. The maximum absolute atomic E-state index is 11.9. The fourth-order valence-electron chi connectivity index (χ4n) is 2.33. The molecule has 0 saturated carbocycles. The number of piperidine rings is 1. The van der Waals surface area contributed by atoms with E-state index in [1.807, 2.05) is 13.0 Å². The standard InChI is InChI=1S/C14H20ClN3O/c1-10-8-12(14(15)17-9-10)18-13(19)6-5-11-4-2-3-7-16-11/h8-9,11,16H,2-7H2,1H3,(H,18,19). The topological polar surface area (TPSA) is 54.0 Å². The molecule has 1 atom stereocenters. The van der Waals surface area contributed by atoms with Gasteiger partial charge in [0.05, 0.1) is 5.69 Å². The molecule has 2 rings (SSSR count). The fraction of sp³-hybridized carbons (Fsp3) is 0.571. The number of hydrogen-bond donors (Lipinski definition) is 2. The minimum Gasteiger partial charge on any atom is -0.323 e. The summed E-state index contributed by atoms with van der Waals surface area (Å²) in [4.78, 5) is 15.9. The van der Waals surface area contributed by atoms with E-state index in [2.05, 4.69) is 15.6 Å². The van der Waals surface area contributed by atoms with E-state index >= 15 is 0 Å². The predicted molar refractivity (Wildman–Crippen MR) is 77.5 cm³/mol. The van der Waals surface area contributed by atoms with Crippen LogP contribution in [0.4, 0.5) is 5.69 Å². The molecule has 1 aliphatic heterocycles. The van der Waals surface area contributed by atoms with E-state index in [4.69, 9.17) is 11.6 Å². The van der Waals surface area contributed by atoms with Crippen LogP contribution in [0.5, 0.6) is 0 Å². The summed E-state index contributed by atoms with van der Waals surface area (Å²) in [6.07, 6.45) is 6.74. The lowest BCUT2D eigenvalue weighted by Crippen LogP contribution is -2.34. The van der Waals surface area contributed by atoms with Crippen molar-refractivity contribution < 1.29 is 4.79 Å². The highest BCUT2D eigenvalue weighted by Gasteiger charge is 2.14. The van der Waals surface area contributed by atoms with Crippen molar-refractivity contribution in [2.24, 2.45) is 0 Å². The van der Waals surface area contributed by atoms with Crippen LogP contribution in [0.15, 0.2) is 12.3 Å². The average molecular weight is 282 g/mol. The van der Waals surface area contributed by atoms with E-state index in [1.54, 1.807) is 6.20 Å². The van der Waals surface area contributed by atoms with E-state index < -0.39 is 0 Å². The maximum atomic E-state index is 11.9. The second-order valence-electron chi connectivity index (χ2n) is 5.08. The van der Waals surface area contributed by atoms with E-state index in [9.17, 15) is 4.79 Å². The monoisotopic (exact) mass is 281 g/mol. The van der Waals surface area contributed by atoms with Crippen LogP contribution < -0.4 is 10.6 Å². The highest BCUT2D eigenvalue weighted by Crippen LogP contribution is 2.20. The van der Waals surface area contributed by atoms with Crippen molar-refractivity contribution in [1.29, 1.82) is 0 Å². The Bertz CT molecular complexity index is 444. The molecular weight excluding hydrogens is 262 g/mol. The van der Waals surface area contributed by atoms with Crippen molar-refractivity contribution in [3.05, 3.63) is 23.0 Å². The number of anilines is 1. The van der Waals surface area contributed by atoms with Crippen LogP contribution in [0.3, 0.4) is 0 Å². The van der Waals surface area contributed by atoms with Gasteiger partial charge in [-0.25, -0.2) is 4.98 Å². The Morgan fingerprint density at radius 3 is 3.16 bits per heavy atom. The second-order valence-corrected chi connectivity index (χ2v) is 5.44. The number of pyridine rings is 1. The number of carbonyl (C=O) groups excluding carboxylic acids is 1. The lowest BCUT2D eigenvalue weighted by molar-refractivity contribution is -0.116. The van der Waals surface area contributed by atoms with Crippen molar-refractivity contribution >= 4 is 23.2 Å². The molecule has 1 saturated heterocycles. The summed E-state index contributed by atoms with van der Waals surface area (Å²) >= 11 is 5.95. The molecule has 1 aromatic rings. The number of halogens is 1. The third kappa shape index (κ3) is 4.48. The van der Waals surface area contributed by atoms with Crippen molar-refractivity contribution in [2.75, 3.05) is 11.9 Å². The first-order chi connectivity index (χ1) is 9.15. The zero-order valence-electron chi connectivity index (χ0n) is 11.2. The number of aromatic nitrogens is 1. The summed E-state index contributed by atoms with van der Waals surface area (Å²) in [5.41, 5.74) is 1.58. The molecule has 0 aliphatic carbocycles. The molecule has 2 N–H and O–H groups in total. The lowest BCUT2D eigenvalue weighted by Gasteiger charge is -2.23. The number of hydrogen-bond acceptors (Lipinski definition) is 3. The van der Waals surface area contributed by atoms with E-state index in [0.29, 0.717) is 23.3 Å². The molecule has 0 spiro atoms.